The number of pyridine rings is 1. The van der Waals surface area contributed by atoms with E-state index in [-0.39, 0.29) is 12.3 Å². The van der Waals surface area contributed by atoms with Gasteiger partial charge < -0.3 is 9.88 Å². The molecule has 0 spiro atoms. The number of fused-ring (bicyclic) bond motifs is 1. The molecule has 3 aromatic heterocycles. The fourth-order valence-corrected chi connectivity index (χ4v) is 2.58. The number of hydrogen-bond donors (Lipinski definition) is 1. The summed E-state index contributed by atoms with van der Waals surface area (Å²) in [6.07, 6.45) is 5.00. The Morgan fingerprint density at radius 2 is 1.88 bits per heavy atom. The molecule has 3 rings (SSSR count). The first-order chi connectivity index (χ1) is 12.0. The van der Waals surface area contributed by atoms with Crippen LogP contribution in [0.25, 0.3) is 11.2 Å². The summed E-state index contributed by atoms with van der Waals surface area (Å²) in [5.41, 5.74) is 0.725. The number of imidazole rings is 1. The lowest BCUT2D eigenvalue weighted by Gasteiger charge is -2.07. The normalized spacial score (nSPS) is 11.0. The number of aromatic nitrogens is 5. The maximum absolute atomic E-state index is 12.3. The lowest BCUT2D eigenvalue weighted by atomic mass is 10.2. The van der Waals surface area contributed by atoms with E-state index in [9.17, 15) is 14.4 Å². The fraction of sp³-hybridized carbons (Fsp3) is 0.312. The maximum Gasteiger partial charge on any atom is 0.332 e. The van der Waals surface area contributed by atoms with E-state index in [0.717, 1.165) is 10.1 Å². The van der Waals surface area contributed by atoms with Gasteiger partial charge in [0.05, 0.1) is 6.33 Å². The number of carbonyl (C=O) groups is 1. The van der Waals surface area contributed by atoms with E-state index in [1.165, 1.54) is 17.9 Å². The minimum atomic E-state index is -0.433. The van der Waals surface area contributed by atoms with Crippen molar-refractivity contribution in [2.75, 3.05) is 0 Å². The van der Waals surface area contributed by atoms with Crippen LogP contribution in [0.4, 0.5) is 0 Å². The van der Waals surface area contributed by atoms with Gasteiger partial charge in [-0.15, -0.1) is 0 Å². The van der Waals surface area contributed by atoms with E-state index >= 15 is 0 Å². The Kier molecular flexibility index (Phi) is 4.46. The quantitative estimate of drug-likeness (QED) is 0.675. The van der Waals surface area contributed by atoms with E-state index in [0.29, 0.717) is 24.3 Å². The zero-order chi connectivity index (χ0) is 18.0. The van der Waals surface area contributed by atoms with Crippen LogP contribution in [0.5, 0.6) is 0 Å². The molecule has 0 saturated carbocycles. The van der Waals surface area contributed by atoms with Crippen molar-refractivity contribution in [1.29, 1.82) is 0 Å². The standard InChI is InChI=1S/C16H18N6O3/c1-20-14-13(15(24)21(2)16(20)25)22(10-19-14)8-5-12(23)18-9-11-3-6-17-7-4-11/h3-4,6-7,10H,5,8-9H2,1-2H3,(H,18,23). The summed E-state index contributed by atoms with van der Waals surface area (Å²) in [5.74, 6) is -0.139. The zero-order valence-corrected chi connectivity index (χ0v) is 14.0. The third-order valence-corrected chi connectivity index (χ3v) is 4.04. The maximum atomic E-state index is 12.3. The molecule has 3 aromatic rings. The van der Waals surface area contributed by atoms with Crippen LogP contribution in [-0.4, -0.2) is 29.6 Å². The van der Waals surface area contributed by atoms with Gasteiger partial charge in [-0.1, -0.05) is 0 Å². The van der Waals surface area contributed by atoms with Crippen LogP contribution in [0.2, 0.25) is 0 Å². The van der Waals surface area contributed by atoms with Crippen LogP contribution < -0.4 is 16.6 Å². The molecule has 9 nitrogen and oxygen atoms in total. The molecule has 0 bridgehead atoms. The first-order valence-electron chi connectivity index (χ1n) is 7.75. The molecule has 0 aliphatic carbocycles. The number of aryl methyl sites for hydroxylation is 2. The first-order valence-corrected chi connectivity index (χ1v) is 7.75. The topological polar surface area (TPSA) is 104 Å². The highest BCUT2D eigenvalue weighted by Crippen LogP contribution is 2.06. The highest BCUT2D eigenvalue weighted by atomic mass is 16.2. The van der Waals surface area contributed by atoms with Crippen molar-refractivity contribution in [1.82, 2.24) is 29.0 Å². The van der Waals surface area contributed by atoms with Crippen molar-refractivity contribution in [3.63, 3.8) is 0 Å². The number of hydrogen-bond acceptors (Lipinski definition) is 5. The molecule has 130 valence electrons. The van der Waals surface area contributed by atoms with Gasteiger partial charge in [0.2, 0.25) is 5.91 Å². The smallest absolute Gasteiger partial charge is 0.332 e. The molecule has 3 heterocycles. The Labute approximate surface area is 142 Å². The van der Waals surface area contributed by atoms with Crippen LogP contribution in [0.15, 0.2) is 40.4 Å². The Hall–Kier alpha value is -3.23. The average molecular weight is 342 g/mol. The van der Waals surface area contributed by atoms with E-state index in [4.69, 9.17) is 0 Å². The molecule has 0 fully saturated rings. The van der Waals surface area contributed by atoms with Crippen molar-refractivity contribution < 1.29 is 4.79 Å². The molecule has 25 heavy (non-hydrogen) atoms. The van der Waals surface area contributed by atoms with Crippen LogP contribution in [0.1, 0.15) is 12.0 Å². The van der Waals surface area contributed by atoms with Gasteiger partial charge in [-0.2, -0.15) is 0 Å². The summed E-state index contributed by atoms with van der Waals surface area (Å²) in [4.78, 5) is 44.3. The molecule has 0 atom stereocenters. The van der Waals surface area contributed by atoms with E-state index in [1.54, 1.807) is 24.0 Å². The molecular formula is C16H18N6O3. The van der Waals surface area contributed by atoms with Gasteiger partial charge in [0.15, 0.2) is 11.2 Å². The van der Waals surface area contributed by atoms with Crippen molar-refractivity contribution >= 4 is 17.1 Å². The fourth-order valence-electron chi connectivity index (χ4n) is 2.58. The molecule has 0 aliphatic rings. The summed E-state index contributed by atoms with van der Waals surface area (Å²) < 4.78 is 3.95. The molecule has 1 amide bonds. The van der Waals surface area contributed by atoms with Crippen LogP contribution in [0.3, 0.4) is 0 Å². The molecule has 1 N–H and O–H groups in total. The first kappa shape index (κ1) is 16.6. The van der Waals surface area contributed by atoms with E-state index in [1.807, 2.05) is 12.1 Å². The van der Waals surface area contributed by atoms with Crippen LogP contribution >= 0.6 is 0 Å². The number of rotatable bonds is 5. The molecular weight excluding hydrogens is 324 g/mol. The second kappa shape index (κ2) is 6.71. The van der Waals surface area contributed by atoms with Crippen LogP contribution in [-0.2, 0) is 32.0 Å². The Morgan fingerprint density at radius 1 is 1.16 bits per heavy atom. The van der Waals surface area contributed by atoms with Gasteiger partial charge in [-0.05, 0) is 17.7 Å². The largest absolute Gasteiger partial charge is 0.352 e. The second-order valence-electron chi connectivity index (χ2n) is 5.70. The van der Waals surface area contributed by atoms with Gasteiger partial charge in [0, 0.05) is 46.0 Å². The minimum Gasteiger partial charge on any atom is -0.352 e. The third-order valence-electron chi connectivity index (χ3n) is 4.04. The molecule has 0 unspecified atom stereocenters. The van der Waals surface area contributed by atoms with Crippen molar-refractivity contribution in [3.05, 3.63) is 57.3 Å². The summed E-state index contributed by atoms with van der Waals surface area (Å²) >= 11 is 0. The van der Waals surface area contributed by atoms with E-state index < -0.39 is 11.2 Å². The average Bonchev–Trinajstić information content (AvgIpc) is 3.06. The van der Waals surface area contributed by atoms with Gasteiger partial charge in [0.1, 0.15) is 0 Å². The number of amides is 1. The highest BCUT2D eigenvalue weighted by molar-refractivity contribution is 5.76. The molecule has 0 aromatic carbocycles. The summed E-state index contributed by atoms with van der Waals surface area (Å²) in [5, 5.41) is 2.82. The molecule has 0 aliphatic heterocycles. The zero-order valence-electron chi connectivity index (χ0n) is 14.0. The summed E-state index contributed by atoms with van der Waals surface area (Å²) in [6, 6.07) is 3.65. The summed E-state index contributed by atoms with van der Waals surface area (Å²) in [6.45, 7) is 0.717. The lowest BCUT2D eigenvalue weighted by molar-refractivity contribution is -0.121. The van der Waals surface area contributed by atoms with E-state index in [2.05, 4.69) is 15.3 Å². The Morgan fingerprint density at radius 3 is 2.60 bits per heavy atom. The molecule has 9 heteroatoms. The second-order valence-corrected chi connectivity index (χ2v) is 5.70. The number of nitrogens with zero attached hydrogens (tertiary/aromatic N) is 5. The van der Waals surface area contributed by atoms with Gasteiger partial charge in [-0.25, -0.2) is 9.78 Å². The monoisotopic (exact) mass is 342 g/mol. The predicted octanol–water partition coefficient (Wildman–Crippen LogP) is -0.465. The number of carbonyl (C=O) groups excluding carboxylic acids is 1. The minimum absolute atomic E-state index is 0.139. The Balaban J connectivity index is 1.72. The van der Waals surface area contributed by atoms with Crippen molar-refractivity contribution in [3.8, 4) is 0 Å². The highest BCUT2D eigenvalue weighted by Gasteiger charge is 2.14. The SMILES string of the molecule is Cn1c(=O)c2c(ncn2CCC(=O)NCc2ccncc2)n(C)c1=O. The van der Waals surface area contributed by atoms with Crippen molar-refractivity contribution in [2.45, 2.75) is 19.5 Å². The van der Waals surface area contributed by atoms with Crippen LogP contribution in [0, 0.1) is 0 Å². The lowest BCUT2D eigenvalue weighted by Crippen LogP contribution is -2.37. The number of nitrogens with one attached hydrogen (secondary N) is 1. The molecule has 0 radical (unpaired) electrons. The third kappa shape index (κ3) is 3.21. The van der Waals surface area contributed by atoms with Gasteiger partial charge in [0.25, 0.3) is 5.56 Å². The van der Waals surface area contributed by atoms with Gasteiger partial charge in [-0.3, -0.25) is 23.7 Å². The summed E-state index contributed by atoms with van der Waals surface area (Å²) in [7, 11) is 2.98. The Bertz CT molecular complexity index is 1030. The van der Waals surface area contributed by atoms with Gasteiger partial charge >= 0.3 is 5.69 Å². The molecule has 0 saturated heterocycles. The van der Waals surface area contributed by atoms with Crippen molar-refractivity contribution in [2.24, 2.45) is 14.1 Å². The predicted molar refractivity (Wildman–Crippen MR) is 90.9 cm³/mol.